The Morgan fingerprint density at radius 2 is 1.82 bits per heavy atom. The lowest BCUT2D eigenvalue weighted by Crippen LogP contribution is -2.46. The molecule has 1 saturated heterocycles. The Kier molecular flexibility index (Phi) is 7.36. The number of hydrogen-bond donors (Lipinski definition) is 2. The number of carbonyl (C=O) groups excluding carboxylic acids is 1. The highest BCUT2D eigenvalue weighted by atomic mass is 32.2. The lowest BCUT2D eigenvalue weighted by Gasteiger charge is -2.35. The monoisotopic (exact) mass is 467 g/mol. The van der Waals surface area contributed by atoms with Crippen molar-refractivity contribution in [1.82, 2.24) is 19.8 Å². The second-order valence-corrected chi connectivity index (χ2v) is 8.62. The van der Waals surface area contributed by atoms with Gasteiger partial charge in [-0.05, 0) is 42.9 Å². The zero-order valence-corrected chi connectivity index (χ0v) is 19.7. The van der Waals surface area contributed by atoms with Crippen LogP contribution in [-0.2, 0) is 4.79 Å². The molecular formula is C23H29N7O2S. The molecule has 4 rings (SSSR count). The van der Waals surface area contributed by atoms with Crippen LogP contribution in [0.3, 0.4) is 0 Å². The van der Waals surface area contributed by atoms with Gasteiger partial charge in [0.2, 0.25) is 11.1 Å². The van der Waals surface area contributed by atoms with Gasteiger partial charge in [-0.3, -0.25) is 4.79 Å². The van der Waals surface area contributed by atoms with Gasteiger partial charge in [0.25, 0.3) is 0 Å². The van der Waals surface area contributed by atoms with Crippen LogP contribution >= 0.6 is 11.8 Å². The number of nitrogens with zero attached hydrogens (tertiary/aromatic N) is 5. The van der Waals surface area contributed by atoms with Gasteiger partial charge in [0.05, 0.1) is 18.4 Å². The number of carbonyl (C=O) groups is 1. The number of nitrogens with two attached hydrogens (primary N) is 1. The van der Waals surface area contributed by atoms with Gasteiger partial charge >= 0.3 is 0 Å². The third-order valence-electron chi connectivity index (χ3n) is 5.68. The van der Waals surface area contributed by atoms with Gasteiger partial charge in [-0.2, -0.15) is 0 Å². The first-order valence-corrected chi connectivity index (χ1v) is 11.9. The van der Waals surface area contributed by atoms with E-state index in [2.05, 4.69) is 44.4 Å². The molecule has 1 fully saturated rings. The summed E-state index contributed by atoms with van der Waals surface area (Å²) in [6.45, 7) is 7.49. The number of methoxy groups -OCH3 is 1. The number of para-hydroxylation sites is 1. The van der Waals surface area contributed by atoms with Gasteiger partial charge in [-0.1, -0.05) is 30.8 Å². The summed E-state index contributed by atoms with van der Waals surface area (Å²) in [5, 5.41) is 11.7. The van der Waals surface area contributed by atoms with Crippen LogP contribution in [0, 0.1) is 0 Å². The largest absolute Gasteiger partial charge is 0.496 e. The lowest BCUT2D eigenvalue weighted by molar-refractivity contribution is -0.113. The number of nitrogen functional groups attached to an aromatic ring is 1. The molecule has 3 aromatic rings. The van der Waals surface area contributed by atoms with E-state index in [0.717, 1.165) is 44.0 Å². The standard InChI is InChI=1S/C23H29N7O2S/c1-3-28-12-14-29(15-13-28)18-10-8-17(9-11-18)25-21(31)16-33-23-27-26-22(30(23)24)19-6-4-5-7-20(19)32-2/h4-11H,3,12-16,24H2,1-2H3,(H,25,31). The molecule has 10 heteroatoms. The van der Waals surface area contributed by atoms with Crippen LogP contribution in [-0.4, -0.2) is 71.3 Å². The first-order chi connectivity index (χ1) is 16.1. The fourth-order valence-electron chi connectivity index (χ4n) is 3.79. The van der Waals surface area contributed by atoms with E-state index in [-0.39, 0.29) is 11.7 Å². The maximum absolute atomic E-state index is 12.5. The van der Waals surface area contributed by atoms with Crippen molar-refractivity contribution >= 4 is 29.0 Å². The number of thioether (sulfide) groups is 1. The Bertz CT molecular complexity index is 1080. The van der Waals surface area contributed by atoms with Crippen molar-refractivity contribution in [2.45, 2.75) is 12.1 Å². The van der Waals surface area contributed by atoms with Crippen molar-refractivity contribution in [2.75, 3.05) is 61.6 Å². The second-order valence-electron chi connectivity index (χ2n) is 7.68. The average Bonchev–Trinajstić information content (AvgIpc) is 3.23. The highest BCUT2D eigenvalue weighted by Crippen LogP contribution is 2.29. The van der Waals surface area contributed by atoms with Crippen molar-refractivity contribution < 1.29 is 9.53 Å². The fraction of sp³-hybridized carbons (Fsp3) is 0.348. The lowest BCUT2D eigenvalue weighted by atomic mass is 10.2. The van der Waals surface area contributed by atoms with Crippen molar-refractivity contribution in [3.8, 4) is 17.1 Å². The summed E-state index contributed by atoms with van der Waals surface area (Å²) in [5.41, 5.74) is 2.68. The Morgan fingerprint density at radius 1 is 1.09 bits per heavy atom. The molecule has 1 amide bonds. The van der Waals surface area contributed by atoms with Gasteiger partial charge < -0.3 is 25.7 Å². The van der Waals surface area contributed by atoms with Crippen LogP contribution < -0.4 is 20.8 Å². The second kappa shape index (κ2) is 10.6. The number of ether oxygens (including phenoxy) is 1. The predicted molar refractivity (Wildman–Crippen MR) is 132 cm³/mol. The van der Waals surface area contributed by atoms with Gasteiger partial charge in [-0.15, -0.1) is 10.2 Å². The van der Waals surface area contributed by atoms with E-state index in [0.29, 0.717) is 16.7 Å². The van der Waals surface area contributed by atoms with Crippen LogP contribution in [0.5, 0.6) is 5.75 Å². The Labute approximate surface area is 197 Å². The van der Waals surface area contributed by atoms with Gasteiger partial charge in [0.15, 0.2) is 5.82 Å². The number of nitrogens with one attached hydrogen (secondary N) is 1. The molecule has 2 aromatic carbocycles. The molecule has 9 nitrogen and oxygen atoms in total. The molecule has 0 saturated carbocycles. The van der Waals surface area contributed by atoms with E-state index in [1.165, 1.54) is 22.1 Å². The van der Waals surface area contributed by atoms with Crippen LogP contribution in [0.1, 0.15) is 6.92 Å². The molecule has 174 valence electrons. The summed E-state index contributed by atoms with van der Waals surface area (Å²) >= 11 is 1.23. The number of aromatic nitrogens is 3. The van der Waals surface area contributed by atoms with E-state index in [4.69, 9.17) is 10.6 Å². The molecule has 2 heterocycles. The van der Waals surface area contributed by atoms with Crippen LogP contribution in [0.2, 0.25) is 0 Å². The molecule has 1 aliphatic rings. The van der Waals surface area contributed by atoms with Gasteiger partial charge in [0.1, 0.15) is 5.75 Å². The van der Waals surface area contributed by atoms with Crippen molar-refractivity contribution in [2.24, 2.45) is 0 Å². The maximum Gasteiger partial charge on any atom is 0.234 e. The highest BCUT2D eigenvalue weighted by Gasteiger charge is 2.18. The number of hydrogen-bond acceptors (Lipinski definition) is 8. The number of benzene rings is 2. The average molecular weight is 468 g/mol. The van der Waals surface area contributed by atoms with E-state index < -0.39 is 0 Å². The van der Waals surface area contributed by atoms with E-state index in [1.54, 1.807) is 7.11 Å². The van der Waals surface area contributed by atoms with Crippen LogP contribution in [0.15, 0.2) is 53.7 Å². The number of piperazine rings is 1. The number of anilines is 2. The molecule has 1 aromatic heterocycles. The molecular weight excluding hydrogens is 438 g/mol. The Balaban J connectivity index is 1.31. The number of likely N-dealkylation sites (N-methyl/N-ethyl adjacent to an activating group) is 1. The summed E-state index contributed by atoms with van der Waals surface area (Å²) < 4.78 is 6.75. The summed E-state index contributed by atoms with van der Waals surface area (Å²) in [7, 11) is 1.59. The molecule has 0 atom stereocenters. The van der Waals surface area contributed by atoms with Crippen molar-refractivity contribution in [3.63, 3.8) is 0 Å². The molecule has 0 unspecified atom stereocenters. The normalized spacial score (nSPS) is 14.3. The zero-order chi connectivity index (χ0) is 23.2. The zero-order valence-electron chi connectivity index (χ0n) is 18.9. The molecule has 0 bridgehead atoms. The predicted octanol–water partition coefficient (Wildman–Crippen LogP) is 2.54. The first kappa shape index (κ1) is 22.9. The smallest absolute Gasteiger partial charge is 0.234 e. The van der Waals surface area contributed by atoms with E-state index in [9.17, 15) is 4.79 Å². The summed E-state index contributed by atoms with van der Waals surface area (Å²) in [6.07, 6.45) is 0. The molecule has 1 aliphatic heterocycles. The summed E-state index contributed by atoms with van der Waals surface area (Å²) in [6, 6.07) is 15.4. The quantitative estimate of drug-likeness (QED) is 0.385. The van der Waals surface area contributed by atoms with Crippen molar-refractivity contribution in [3.05, 3.63) is 48.5 Å². The third-order valence-corrected chi connectivity index (χ3v) is 6.62. The van der Waals surface area contributed by atoms with Gasteiger partial charge in [0, 0.05) is 37.6 Å². The van der Waals surface area contributed by atoms with Gasteiger partial charge in [-0.25, -0.2) is 4.68 Å². The van der Waals surface area contributed by atoms with E-state index >= 15 is 0 Å². The van der Waals surface area contributed by atoms with Crippen LogP contribution in [0.25, 0.3) is 11.4 Å². The first-order valence-electron chi connectivity index (χ1n) is 10.9. The third kappa shape index (κ3) is 5.40. The minimum Gasteiger partial charge on any atom is -0.496 e. The maximum atomic E-state index is 12.5. The minimum absolute atomic E-state index is 0.133. The summed E-state index contributed by atoms with van der Waals surface area (Å²) in [5.74, 6) is 7.35. The molecule has 33 heavy (non-hydrogen) atoms. The topological polar surface area (TPSA) is 102 Å². The SMILES string of the molecule is CCN1CCN(c2ccc(NC(=O)CSc3nnc(-c4ccccc4OC)n3N)cc2)CC1. The summed E-state index contributed by atoms with van der Waals surface area (Å²) in [4.78, 5) is 17.3. The van der Waals surface area contributed by atoms with Crippen molar-refractivity contribution in [1.29, 1.82) is 0 Å². The Morgan fingerprint density at radius 3 is 2.52 bits per heavy atom. The fourth-order valence-corrected chi connectivity index (χ4v) is 4.45. The molecule has 0 aliphatic carbocycles. The Hall–Kier alpha value is -3.24. The number of rotatable bonds is 8. The highest BCUT2D eigenvalue weighted by molar-refractivity contribution is 7.99. The number of amides is 1. The molecule has 0 spiro atoms. The minimum atomic E-state index is -0.133. The molecule has 3 N–H and O–H groups in total. The van der Waals surface area contributed by atoms with Crippen LogP contribution in [0.4, 0.5) is 11.4 Å². The molecule has 0 radical (unpaired) electrons. The van der Waals surface area contributed by atoms with E-state index in [1.807, 2.05) is 36.4 Å².